The van der Waals surface area contributed by atoms with Crippen molar-refractivity contribution in [3.05, 3.63) is 41.2 Å². The fraction of sp³-hybridized carbons (Fsp3) is 0.182. The standard InChI is InChI=1S/C11H12ClN3/c1-7(13)11-9(6-14-15-11)8-4-2-3-5-10(8)12/h2-7H,13H2,1H3,(H,14,15). The van der Waals surface area contributed by atoms with Gasteiger partial charge in [-0.2, -0.15) is 5.10 Å². The maximum absolute atomic E-state index is 6.11. The van der Waals surface area contributed by atoms with Gasteiger partial charge in [0.25, 0.3) is 0 Å². The quantitative estimate of drug-likeness (QED) is 0.820. The smallest absolute Gasteiger partial charge is 0.0595 e. The minimum Gasteiger partial charge on any atom is -0.323 e. The van der Waals surface area contributed by atoms with Gasteiger partial charge in [0, 0.05) is 22.2 Å². The Balaban J connectivity index is 2.55. The van der Waals surface area contributed by atoms with E-state index < -0.39 is 0 Å². The molecular weight excluding hydrogens is 210 g/mol. The van der Waals surface area contributed by atoms with Crippen molar-refractivity contribution in [2.75, 3.05) is 0 Å². The number of halogens is 1. The summed E-state index contributed by atoms with van der Waals surface area (Å²) in [6.45, 7) is 1.91. The van der Waals surface area contributed by atoms with E-state index in [1.54, 1.807) is 6.20 Å². The Bertz CT molecular complexity index is 462. The zero-order valence-electron chi connectivity index (χ0n) is 8.37. The summed E-state index contributed by atoms with van der Waals surface area (Å²) in [4.78, 5) is 0. The van der Waals surface area contributed by atoms with E-state index >= 15 is 0 Å². The number of rotatable bonds is 2. The summed E-state index contributed by atoms with van der Waals surface area (Å²) in [6.07, 6.45) is 1.75. The highest BCUT2D eigenvalue weighted by molar-refractivity contribution is 6.33. The van der Waals surface area contributed by atoms with Crippen LogP contribution < -0.4 is 5.73 Å². The van der Waals surface area contributed by atoms with Crippen LogP contribution in [0, 0.1) is 0 Å². The van der Waals surface area contributed by atoms with Crippen LogP contribution in [0.4, 0.5) is 0 Å². The zero-order chi connectivity index (χ0) is 10.8. The molecule has 1 aromatic carbocycles. The molecule has 1 unspecified atom stereocenters. The third-order valence-corrected chi connectivity index (χ3v) is 2.62. The normalized spacial score (nSPS) is 12.7. The predicted octanol–water partition coefficient (Wildman–Crippen LogP) is 2.75. The van der Waals surface area contributed by atoms with E-state index in [9.17, 15) is 0 Å². The van der Waals surface area contributed by atoms with Crippen molar-refractivity contribution in [3.63, 3.8) is 0 Å². The monoisotopic (exact) mass is 221 g/mol. The van der Waals surface area contributed by atoms with Crippen LogP contribution in [0.5, 0.6) is 0 Å². The first kappa shape index (κ1) is 10.2. The van der Waals surface area contributed by atoms with Gasteiger partial charge in [-0.25, -0.2) is 0 Å². The van der Waals surface area contributed by atoms with Gasteiger partial charge in [-0.3, -0.25) is 5.10 Å². The number of hydrogen-bond donors (Lipinski definition) is 2. The highest BCUT2D eigenvalue weighted by Gasteiger charge is 2.12. The van der Waals surface area contributed by atoms with Gasteiger partial charge in [-0.05, 0) is 13.0 Å². The summed E-state index contributed by atoms with van der Waals surface area (Å²) in [7, 11) is 0. The van der Waals surface area contributed by atoms with Gasteiger partial charge in [0.1, 0.15) is 0 Å². The second kappa shape index (κ2) is 4.04. The molecule has 0 saturated carbocycles. The van der Waals surface area contributed by atoms with Gasteiger partial charge < -0.3 is 5.73 Å². The van der Waals surface area contributed by atoms with Crippen molar-refractivity contribution in [2.24, 2.45) is 5.73 Å². The molecule has 78 valence electrons. The summed E-state index contributed by atoms with van der Waals surface area (Å²) in [5.74, 6) is 0. The minimum atomic E-state index is -0.0845. The van der Waals surface area contributed by atoms with Crippen LogP contribution in [-0.4, -0.2) is 10.2 Å². The van der Waals surface area contributed by atoms with Gasteiger partial charge in [0.05, 0.1) is 11.9 Å². The van der Waals surface area contributed by atoms with Crippen LogP contribution in [0.15, 0.2) is 30.5 Å². The molecule has 0 aliphatic carbocycles. The molecule has 3 N–H and O–H groups in total. The number of nitrogens with one attached hydrogen (secondary N) is 1. The first-order chi connectivity index (χ1) is 7.20. The van der Waals surface area contributed by atoms with E-state index in [1.807, 2.05) is 31.2 Å². The fourth-order valence-corrected chi connectivity index (χ4v) is 1.78. The van der Waals surface area contributed by atoms with Gasteiger partial charge in [0.15, 0.2) is 0 Å². The lowest BCUT2D eigenvalue weighted by atomic mass is 10.0. The van der Waals surface area contributed by atoms with E-state index in [-0.39, 0.29) is 6.04 Å². The highest BCUT2D eigenvalue weighted by atomic mass is 35.5. The lowest BCUT2D eigenvalue weighted by molar-refractivity contribution is 0.774. The SMILES string of the molecule is CC(N)c1[nH]ncc1-c1ccccc1Cl. The summed E-state index contributed by atoms with van der Waals surface area (Å²) in [6, 6.07) is 7.57. The van der Waals surface area contributed by atoms with Crippen molar-refractivity contribution in [2.45, 2.75) is 13.0 Å². The van der Waals surface area contributed by atoms with Crippen molar-refractivity contribution in [1.82, 2.24) is 10.2 Å². The Morgan fingerprint density at radius 2 is 2.07 bits per heavy atom. The average Bonchev–Trinajstić information content (AvgIpc) is 2.67. The van der Waals surface area contributed by atoms with Crippen molar-refractivity contribution in [1.29, 1.82) is 0 Å². The van der Waals surface area contributed by atoms with Crippen molar-refractivity contribution < 1.29 is 0 Å². The average molecular weight is 222 g/mol. The van der Waals surface area contributed by atoms with Crippen LogP contribution >= 0.6 is 11.6 Å². The number of benzene rings is 1. The van der Waals surface area contributed by atoms with Crippen LogP contribution in [0.3, 0.4) is 0 Å². The van der Waals surface area contributed by atoms with E-state index in [2.05, 4.69) is 10.2 Å². The number of nitrogens with zero attached hydrogens (tertiary/aromatic N) is 1. The molecule has 0 aliphatic rings. The molecule has 2 aromatic rings. The predicted molar refractivity (Wildman–Crippen MR) is 61.6 cm³/mol. The molecule has 0 amide bonds. The van der Waals surface area contributed by atoms with Crippen LogP contribution in [0.25, 0.3) is 11.1 Å². The molecule has 1 aromatic heterocycles. The molecule has 0 radical (unpaired) electrons. The third-order valence-electron chi connectivity index (χ3n) is 2.29. The lowest BCUT2D eigenvalue weighted by Crippen LogP contribution is -2.06. The topological polar surface area (TPSA) is 54.7 Å². The van der Waals surface area contributed by atoms with Crippen LogP contribution in [0.2, 0.25) is 5.02 Å². The fourth-order valence-electron chi connectivity index (χ4n) is 1.54. The van der Waals surface area contributed by atoms with E-state index in [0.717, 1.165) is 16.8 Å². The first-order valence-electron chi connectivity index (χ1n) is 4.74. The first-order valence-corrected chi connectivity index (χ1v) is 5.11. The molecule has 0 aliphatic heterocycles. The maximum atomic E-state index is 6.11. The molecule has 15 heavy (non-hydrogen) atoms. The number of hydrogen-bond acceptors (Lipinski definition) is 2. The Hall–Kier alpha value is -1.32. The van der Waals surface area contributed by atoms with Gasteiger partial charge in [-0.1, -0.05) is 29.8 Å². The third kappa shape index (κ3) is 1.89. The van der Waals surface area contributed by atoms with Crippen LogP contribution in [0.1, 0.15) is 18.7 Å². The van der Waals surface area contributed by atoms with Crippen molar-refractivity contribution >= 4 is 11.6 Å². The minimum absolute atomic E-state index is 0.0845. The molecule has 1 heterocycles. The largest absolute Gasteiger partial charge is 0.323 e. The number of nitrogens with two attached hydrogens (primary N) is 1. The molecule has 0 bridgehead atoms. The van der Waals surface area contributed by atoms with E-state index in [1.165, 1.54) is 0 Å². The number of aromatic amines is 1. The second-order valence-corrected chi connectivity index (χ2v) is 3.87. The molecule has 4 heteroatoms. The van der Waals surface area contributed by atoms with Gasteiger partial charge >= 0.3 is 0 Å². The molecule has 1 atom stereocenters. The number of H-pyrrole nitrogens is 1. The lowest BCUT2D eigenvalue weighted by Gasteiger charge is -2.07. The highest BCUT2D eigenvalue weighted by Crippen LogP contribution is 2.30. The molecule has 2 rings (SSSR count). The molecular formula is C11H12ClN3. The Labute approximate surface area is 93.3 Å². The second-order valence-electron chi connectivity index (χ2n) is 3.47. The van der Waals surface area contributed by atoms with E-state index in [0.29, 0.717) is 5.02 Å². The Kier molecular flexibility index (Phi) is 2.75. The maximum Gasteiger partial charge on any atom is 0.0595 e. The Morgan fingerprint density at radius 1 is 1.33 bits per heavy atom. The molecule has 0 fully saturated rings. The summed E-state index contributed by atoms with van der Waals surface area (Å²) in [5.41, 5.74) is 8.66. The number of aromatic nitrogens is 2. The summed E-state index contributed by atoms with van der Waals surface area (Å²) >= 11 is 6.11. The summed E-state index contributed by atoms with van der Waals surface area (Å²) < 4.78 is 0. The zero-order valence-corrected chi connectivity index (χ0v) is 9.12. The van der Waals surface area contributed by atoms with Gasteiger partial charge in [-0.15, -0.1) is 0 Å². The van der Waals surface area contributed by atoms with Gasteiger partial charge in [0.2, 0.25) is 0 Å². The van der Waals surface area contributed by atoms with Crippen LogP contribution in [-0.2, 0) is 0 Å². The van der Waals surface area contributed by atoms with Crippen molar-refractivity contribution in [3.8, 4) is 11.1 Å². The Morgan fingerprint density at radius 3 is 2.73 bits per heavy atom. The molecule has 3 nitrogen and oxygen atoms in total. The molecule has 0 saturated heterocycles. The summed E-state index contributed by atoms with van der Waals surface area (Å²) in [5, 5.41) is 7.60. The molecule has 0 spiro atoms. The van der Waals surface area contributed by atoms with E-state index in [4.69, 9.17) is 17.3 Å².